The van der Waals surface area contributed by atoms with Crippen molar-refractivity contribution in [1.82, 2.24) is 10.2 Å². The fraction of sp³-hybridized carbons (Fsp3) is 0.562. The number of nitrogens with zero attached hydrogens (tertiary/aromatic N) is 1. The zero-order valence-electron chi connectivity index (χ0n) is 12.9. The molecule has 0 saturated carbocycles. The predicted molar refractivity (Wildman–Crippen MR) is 81.2 cm³/mol. The molecule has 114 valence electrons. The lowest BCUT2D eigenvalue weighted by molar-refractivity contribution is -0.130. The first kappa shape index (κ1) is 14.2. The average molecular weight is 289 g/mol. The summed E-state index contributed by atoms with van der Waals surface area (Å²) in [5.74, 6) is 0.0786. The maximum Gasteiger partial charge on any atom is 0.257 e. The molecule has 1 amide bonds. The van der Waals surface area contributed by atoms with Gasteiger partial charge < -0.3 is 20.7 Å². The lowest BCUT2D eigenvalue weighted by Crippen LogP contribution is -2.47. The second-order valence-corrected chi connectivity index (χ2v) is 6.73. The Morgan fingerprint density at radius 2 is 2.19 bits per heavy atom. The molecule has 0 bridgehead atoms. The number of hydrogen-bond acceptors (Lipinski definition) is 4. The summed E-state index contributed by atoms with van der Waals surface area (Å²) in [5.41, 5.74) is 9.15. The van der Waals surface area contributed by atoms with E-state index in [1.54, 1.807) is 0 Å². The second kappa shape index (κ2) is 4.91. The van der Waals surface area contributed by atoms with Crippen LogP contribution >= 0.6 is 0 Å². The van der Waals surface area contributed by atoms with E-state index in [-0.39, 0.29) is 17.5 Å². The Morgan fingerprint density at radius 1 is 1.43 bits per heavy atom. The number of fused-ring (bicyclic) bond motifs is 1. The van der Waals surface area contributed by atoms with Gasteiger partial charge in [0.05, 0.1) is 30.5 Å². The number of likely N-dealkylation sites (tertiary alicyclic amines) is 1. The van der Waals surface area contributed by atoms with Gasteiger partial charge in [0.15, 0.2) is 0 Å². The minimum Gasteiger partial charge on any atom is -0.399 e. The monoisotopic (exact) mass is 289 g/mol. The van der Waals surface area contributed by atoms with Crippen LogP contribution in [0.15, 0.2) is 34.7 Å². The lowest BCUT2D eigenvalue weighted by Gasteiger charge is -2.37. The first-order chi connectivity index (χ1) is 9.89. The normalized spacial score (nSPS) is 29.8. The van der Waals surface area contributed by atoms with Gasteiger partial charge in [-0.2, -0.15) is 0 Å². The van der Waals surface area contributed by atoms with E-state index in [4.69, 9.17) is 10.5 Å². The van der Waals surface area contributed by atoms with Crippen molar-refractivity contribution < 1.29 is 9.53 Å². The lowest BCUT2D eigenvalue weighted by atomic mass is 9.93. The number of nitrogens with one attached hydrogen (secondary N) is 1. The quantitative estimate of drug-likeness (QED) is 0.654. The molecule has 3 rings (SSSR count). The van der Waals surface area contributed by atoms with E-state index in [1.807, 2.05) is 17.1 Å². The van der Waals surface area contributed by atoms with Gasteiger partial charge in [-0.1, -0.05) is 6.08 Å². The highest BCUT2D eigenvalue weighted by Crippen LogP contribution is 2.40. The van der Waals surface area contributed by atoms with Crippen LogP contribution in [0.2, 0.25) is 0 Å². The van der Waals surface area contributed by atoms with Gasteiger partial charge in [-0.15, -0.1) is 0 Å². The molecule has 0 spiro atoms. The summed E-state index contributed by atoms with van der Waals surface area (Å²) < 4.78 is 5.51. The van der Waals surface area contributed by atoms with Crippen LogP contribution < -0.4 is 11.1 Å². The van der Waals surface area contributed by atoms with Crippen LogP contribution in [0.25, 0.3) is 0 Å². The molecule has 2 fully saturated rings. The molecule has 3 aliphatic rings. The van der Waals surface area contributed by atoms with Crippen LogP contribution in [0.4, 0.5) is 0 Å². The van der Waals surface area contributed by atoms with E-state index in [1.165, 1.54) is 0 Å². The highest BCUT2D eigenvalue weighted by Gasteiger charge is 2.46. The molecule has 0 radical (unpaired) electrons. The van der Waals surface area contributed by atoms with E-state index in [0.29, 0.717) is 13.2 Å². The van der Waals surface area contributed by atoms with Gasteiger partial charge in [-0.05, 0) is 38.8 Å². The van der Waals surface area contributed by atoms with Gasteiger partial charge in [-0.3, -0.25) is 4.79 Å². The molecule has 0 aromatic carbocycles. The van der Waals surface area contributed by atoms with Gasteiger partial charge in [0, 0.05) is 17.8 Å². The van der Waals surface area contributed by atoms with Gasteiger partial charge in [0.2, 0.25) is 0 Å². The van der Waals surface area contributed by atoms with Crippen molar-refractivity contribution in [2.45, 2.75) is 38.8 Å². The molecule has 21 heavy (non-hydrogen) atoms. The summed E-state index contributed by atoms with van der Waals surface area (Å²) in [5, 5.41) is 3.32. The van der Waals surface area contributed by atoms with Crippen molar-refractivity contribution >= 4 is 5.91 Å². The van der Waals surface area contributed by atoms with Crippen molar-refractivity contribution in [2.24, 2.45) is 5.73 Å². The number of rotatable bonds is 0. The van der Waals surface area contributed by atoms with Gasteiger partial charge >= 0.3 is 0 Å². The fourth-order valence-corrected chi connectivity index (χ4v) is 3.31. The number of allylic oxidation sites excluding steroid dienone is 1. The molecule has 5 nitrogen and oxygen atoms in total. The van der Waals surface area contributed by atoms with Crippen LogP contribution in [-0.4, -0.2) is 42.1 Å². The Kier molecular flexibility index (Phi) is 3.32. The maximum absolute atomic E-state index is 13.0. The molecule has 2 heterocycles. The molecule has 2 saturated heterocycles. The Hall–Kier alpha value is -1.75. The summed E-state index contributed by atoms with van der Waals surface area (Å²) in [7, 11) is 0. The van der Waals surface area contributed by atoms with Crippen molar-refractivity contribution in [3.8, 4) is 0 Å². The smallest absolute Gasteiger partial charge is 0.257 e. The summed E-state index contributed by atoms with van der Waals surface area (Å²) >= 11 is 0. The molecule has 3 N–H and O–H groups in total. The number of ether oxygens (including phenoxy) is 1. The molecule has 1 atom stereocenters. The molecular formula is C16H23N3O2. The van der Waals surface area contributed by atoms with Crippen molar-refractivity contribution in [2.75, 3.05) is 19.8 Å². The van der Waals surface area contributed by atoms with Gasteiger partial charge in [-0.25, -0.2) is 0 Å². The second-order valence-electron chi connectivity index (χ2n) is 6.73. The number of nitrogens with two attached hydrogens (primary N) is 1. The minimum atomic E-state index is -0.224. The van der Waals surface area contributed by atoms with Gasteiger partial charge in [0.25, 0.3) is 5.91 Å². The largest absolute Gasteiger partial charge is 0.399 e. The number of carbonyl (C=O) groups excluding carboxylic acids is 1. The molecule has 2 aliphatic heterocycles. The number of amides is 1. The Labute approximate surface area is 125 Å². The highest BCUT2D eigenvalue weighted by molar-refractivity contribution is 6.03. The highest BCUT2D eigenvalue weighted by atomic mass is 16.5. The molecule has 1 aliphatic carbocycles. The maximum atomic E-state index is 13.0. The van der Waals surface area contributed by atoms with Gasteiger partial charge in [0.1, 0.15) is 0 Å². The Morgan fingerprint density at radius 3 is 2.81 bits per heavy atom. The zero-order chi connectivity index (χ0) is 15.2. The van der Waals surface area contributed by atoms with E-state index >= 15 is 0 Å². The van der Waals surface area contributed by atoms with E-state index in [9.17, 15) is 4.79 Å². The van der Waals surface area contributed by atoms with Crippen LogP contribution in [-0.2, 0) is 9.53 Å². The Bertz CT molecular complexity index is 559. The summed E-state index contributed by atoms with van der Waals surface area (Å²) in [4.78, 5) is 15.0. The number of carbonyl (C=O) groups is 1. The summed E-state index contributed by atoms with van der Waals surface area (Å²) in [6, 6.07) is 0.0797. The molecule has 0 aromatic heterocycles. The average Bonchev–Trinajstić information content (AvgIpc) is 2.70. The first-order valence-electron chi connectivity index (χ1n) is 7.45. The van der Waals surface area contributed by atoms with Crippen molar-refractivity contribution in [3.05, 3.63) is 34.7 Å². The predicted octanol–water partition coefficient (Wildman–Crippen LogP) is 1.04. The third-order valence-electron chi connectivity index (χ3n) is 4.15. The fourth-order valence-electron chi connectivity index (χ4n) is 3.31. The van der Waals surface area contributed by atoms with E-state index in [2.05, 4.69) is 26.1 Å². The third kappa shape index (κ3) is 2.35. The minimum absolute atomic E-state index is 0.0786. The molecular weight excluding hydrogens is 266 g/mol. The summed E-state index contributed by atoms with van der Waals surface area (Å²) in [6.07, 6.45) is 4.72. The van der Waals surface area contributed by atoms with Crippen LogP contribution in [0.5, 0.6) is 0 Å². The van der Waals surface area contributed by atoms with Crippen LogP contribution in [0.1, 0.15) is 27.2 Å². The SMILES string of the molecule is CC(C)(C)N1C(=O)/C(=C2/COCCN2)C2=CC(N)=CCC21. The Balaban J connectivity index is 2.10. The molecule has 5 heteroatoms. The standard InChI is InChI=1S/C16H23N3O2/c1-16(2,3)19-13-5-4-10(17)8-11(13)14(15(19)20)12-9-21-7-6-18-12/h4,8,13,18H,5-7,9,17H2,1-3H3/b14-12-. The number of hydrogen-bond donors (Lipinski definition) is 2. The zero-order valence-corrected chi connectivity index (χ0v) is 12.9. The topological polar surface area (TPSA) is 67.6 Å². The first-order valence-corrected chi connectivity index (χ1v) is 7.45. The third-order valence-corrected chi connectivity index (χ3v) is 4.15. The van der Waals surface area contributed by atoms with Crippen LogP contribution in [0.3, 0.4) is 0 Å². The van der Waals surface area contributed by atoms with E-state index < -0.39 is 0 Å². The number of morpholine rings is 1. The summed E-state index contributed by atoms with van der Waals surface area (Å²) in [6.45, 7) is 8.10. The van der Waals surface area contributed by atoms with E-state index in [0.717, 1.165) is 35.5 Å². The van der Waals surface area contributed by atoms with Crippen molar-refractivity contribution in [3.63, 3.8) is 0 Å². The molecule has 0 aromatic rings. The van der Waals surface area contributed by atoms with Crippen molar-refractivity contribution in [1.29, 1.82) is 0 Å². The molecule has 1 unspecified atom stereocenters. The van der Waals surface area contributed by atoms with Crippen LogP contribution in [0, 0.1) is 0 Å².